The fourth-order valence-corrected chi connectivity index (χ4v) is 4.28. The van der Waals surface area contributed by atoms with Gasteiger partial charge >= 0.3 is 6.18 Å². The van der Waals surface area contributed by atoms with Gasteiger partial charge < -0.3 is 9.80 Å². The second-order valence-electron chi connectivity index (χ2n) is 7.34. The van der Waals surface area contributed by atoms with Gasteiger partial charge in [-0.1, -0.05) is 30.3 Å². The van der Waals surface area contributed by atoms with E-state index in [1.165, 1.54) is 30.3 Å². The number of carbonyl (C=O) groups is 2. The summed E-state index contributed by atoms with van der Waals surface area (Å²) in [6.45, 7) is 5.19. The van der Waals surface area contributed by atoms with E-state index in [9.17, 15) is 22.8 Å². The molecule has 1 heterocycles. The number of hydrogen-bond donors (Lipinski definition) is 0. The molecule has 0 spiro atoms. The Kier molecular flexibility index (Phi) is 8.04. The molecule has 0 radical (unpaired) electrons. The molecule has 0 bridgehead atoms. The first-order valence-electron chi connectivity index (χ1n) is 10.2. The van der Waals surface area contributed by atoms with Crippen molar-refractivity contribution in [2.45, 2.75) is 6.18 Å². The molecule has 2 aromatic carbocycles. The zero-order valence-corrected chi connectivity index (χ0v) is 20.5. The highest BCUT2D eigenvalue weighted by Gasteiger charge is 2.36. The van der Waals surface area contributed by atoms with Gasteiger partial charge in [0, 0.05) is 43.3 Å². The predicted octanol–water partition coefficient (Wildman–Crippen LogP) is 5.12. The van der Waals surface area contributed by atoms with E-state index >= 15 is 0 Å². The number of piperazine rings is 1. The molecule has 3 rings (SSSR count). The van der Waals surface area contributed by atoms with Crippen LogP contribution in [-0.4, -0.2) is 61.2 Å². The van der Waals surface area contributed by atoms with Crippen molar-refractivity contribution < 1.29 is 22.8 Å². The zero-order valence-electron chi connectivity index (χ0n) is 18.1. The van der Waals surface area contributed by atoms with Crippen LogP contribution in [0.5, 0.6) is 0 Å². The fourth-order valence-electron chi connectivity index (χ4n) is 3.78. The lowest BCUT2D eigenvalue weighted by Crippen LogP contribution is -2.50. The van der Waals surface area contributed by atoms with Crippen LogP contribution in [-0.2, 0) is 15.8 Å². The number of benzene rings is 2. The molecule has 34 heavy (non-hydrogen) atoms. The summed E-state index contributed by atoms with van der Waals surface area (Å²) in [7, 11) is 1.55. The monoisotopic (exact) mass is 556 g/mol. The van der Waals surface area contributed by atoms with Crippen LogP contribution >= 0.6 is 27.5 Å². The second kappa shape index (κ2) is 10.6. The molecule has 0 N–H and O–H groups in total. The lowest BCUT2D eigenvalue weighted by molar-refractivity contribution is -0.137. The minimum absolute atomic E-state index is 0.174. The smallest absolute Gasteiger partial charge is 0.353 e. The number of nitrogens with zero attached hydrogens (tertiary/aromatic N) is 4. The van der Waals surface area contributed by atoms with E-state index < -0.39 is 11.7 Å². The molecular weight excluding hydrogens is 537 g/mol. The Hall–Kier alpha value is -2.85. The van der Waals surface area contributed by atoms with Crippen LogP contribution in [0.3, 0.4) is 0 Å². The van der Waals surface area contributed by atoms with Crippen LogP contribution in [0.1, 0.15) is 11.1 Å². The summed E-state index contributed by atoms with van der Waals surface area (Å²) >= 11 is 9.64. The van der Waals surface area contributed by atoms with Gasteiger partial charge in [-0.25, -0.2) is 0 Å². The van der Waals surface area contributed by atoms with Crippen molar-refractivity contribution in [3.8, 4) is 0 Å². The summed E-state index contributed by atoms with van der Waals surface area (Å²) in [4.78, 5) is 32.9. The Labute approximate surface area is 208 Å². The number of amidine groups is 1. The molecule has 2 aromatic rings. The molecule has 6 nitrogen and oxygen atoms in total. The van der Waals surface area contributed by atoms with Gasteiger partial charge in [-0.2, -0.15) is 13.2 Å². The van der Waals surface area contributed by atoms with Crippen molar-refractivity contribution >= 4 is 57.1 Å². The summed E-state index contributed by atoms with van der Waals surface area (Å²) in [5.41, 5.74) is -0.723. The molecule has 1 aliphatic heterocycles. The topological polar surface area (TPSA) is 56.2 Å². The number of para-hydroxylation sites is 1. The first-order valence-corrected chi connectivity index (χ1v) is 11.3. The van der Waals surface area contributed by atoms with Crippen LogP contribution in [0.4, 0.5) is 24.5 Å². The summed E-state index contributed by atoms with van der Waals surface area (Å²) in [5.74, 6) is 0.254. The molecule has 1 aliphatic rings. The molecule has 0 aromatic heterocycles. The zero-order chi connectivity index (χ0) is 25.0. The van der Waals surface area contributed by atoms with E-state index in [1.54, 1.807) is 18.0 Å². The maximum Gasteiger partial charge on any atom is 0.418 e. The summed E-state index contributed by atoms with van der Waals surface area (Å²) in [6.07, 6.45) is -3.09. The van der Waals surface area contributed by atoms with Gasteiger partial charge in [-0.05, 0) is 46.3 Å². The Morgan fingerprint density at radius 2 is 1.76 bits per heavy atom. The number of anilines is 2. The summed E-state index contributed by atoms with van der Waals surface area (Å²) in [5, 5.41) is 0.301. The van der Waals surface area contributed by atoms with E-state index in [0.29, 0.717) is 53.5 Å². The largest absolute Gasteiger partial charge is 0.418 e. The SMILES string of the molecule is C=CC(=O)N1CCN(C(=NC)c2cc(Cl)c(Br)cc2N(C=O)c2ccccc2C(F)(F)F)CC1. The van der Waals surface area contributed by atoms with Gasteiger partial charge in [0.25, 0.3) is 0 Å². The maximum absolute atomic E-state index is 13.7. The quantitative estimate of drug-likeness (QED) is 0.222. The Morgan fingerprint density at radius 3 is 2.32 bits per heavy atom. The van der Waals surface area contributed by atoms with Gasteiger partial charge in [0.1, 0.15) is 5.84 Å². The number of amides is 2. The number of carbonyl (C=O) groups excluding carboxylic acids is 2. The Bertz CT molecular complexity index is 1130. The number of alkyl halides is 3. The lowest BCUT2D eigenvalue weighted by atomic mass is 10.1. The average Bonchev–Trinajstić information content (AvgIpc) is 2.82. The molecule has 0 atom stereocenters. The van der Waals surface area contributed by atoms with E-state index in [-0.39, 0.29) is 17.3 Å². The van der Waals surface area contributed by atoms with E-state index in [4.69, 9.17) is 11.6 Å². The fraction of sp³-hybridized carbons (Fsp3) is 0.261. The second-order valence-corrected chi connectivity index (χ2v) is 8.60. The first kappa shape index (κ1) is 25.8. The van der Waals surface area contributed by atoms with Crippen LogP contribution in [0.2, 0.25) is 5.02 Å². The molecule has 1 fully saturated rings. The van der Waals surface area contributed by atoms with Crippen LogP contribution in [0, 0.1) is 0 Å². The van der Waals surface area contributed by atoms with Crippen molar-refractivity contribution in [2.24, 2.45) is 4.99 Å². The van der Waals surface area contributed by atoms with E-state index in [2.05, 4.69) is 27.5 Å². The number of hydrogen-bond acceptors (Lipinski definition) is 3. The molecule has 0 aliphatic carbocycles. The van der Waals surface area contributed by atoms with Gasteiger partial charge in [0.2, 0.25) is 12.3 Å². The van der Waals surface area contributed by atoms with Gasteiger partial charge in [-0.3, -0.25) is 19.5 Å². The maximum atomic E-state index is 13.7. The van der Waals surface area contributed by atoms with E-state index in [1.807, 2.05) is 4.90 Å². The molecule has 180 valence electrons. The van der Waals surface area contributed by atoms with Crippen molar-refractivity contribution in [3.05, 3.63) is 69.7 Å². The third-order valence-electron chi connectivity index (χ3n) is 5.39. The molecule has 2 amide bonds. The average molecular weight is 558 g/mol. The number of aliphatic imine (C=N–C) groups is 1. The lowest BCUT2D eigenvalue weighted by Gasteiger charge is -2.37. The third kappa shape index (κ3) is 5.28. The van der Waals surface area contributed by atoms with Crippen molar-refractivity contribution in [3.63, 3.8) is 0 Å². The molecule has 0 saturated carbocycles. The minimum atomic E-state index is -4.67. The Balaban J connectivity index is 2.09. The van der Waals surface area contributed by atoms with Crippen LogP contribution in [0.25, 0.3) is 0 Å². The number of halogens is 5. The van der Waals surface area contributed by atoms with E-state index in [0.717, 1.165) is 11.0 Å². The van der Waals surface area contributed by atoms with Crippen molar-refractivity contribution in [1.29, 1.82) is 0 Å². The number of rotatable bonds is 5. The highest BCUT2D eigenvalue weighted by atomic mass is 79.9. The van der Waals surface area contributed by atoms with Gasteiger partial charge in [0.05, 0.1) is 22.0 Å². The standard InChI is InChI=1S/C23H21BrClF3N4O2/c1-3-21(34)30-8-10-31(11-9-30)22(29-2)15-12-18(25)17(24)13-20(15)32(14-33)19-7-5-4-6-16(19)23(26,27)28/h3-7,12-14H,1,8-11H2,2H3. The van der Waals surface area contributed by atoms with Crippen molar-refractivity contribution in [1.82, 2.24) is 9.80 Å². The Morgan fingerprint density at radius 1 is 1.15 bits per heavy atom. The molecular formula is C23H21BrClF3N4O2. The van der Waals surface area contributed by atoms with Crippen molar-refractivity contribution in [2.75, 3.05) is 38.1 Å². The molecule has 11 heteroatoms. The summed E-state index contributed by atoms with van der Waals surface area (Å²) in [6, 6.07) is 7.87. The van der Waals surface area contributed by atoms with Gasteiger partial charge in [-0.15, -0.1) is 0 Å². The summed E-state index contributed by atoms with van der Waals surface area (Å²) < 4.78 is 41.5. The van der Waals surface area contributed by atoms with Crippen LogP contribution in [0.15, 0.2) is 58.5 Å². The normalized spacial score (nSPS) is 14.7. The van der Waals surface area contributed by atoms with Crippen LogP contribution < -0.4 is 4.90 Å². The minimum Gasteiger partial charge on any atom is -0.353 e. The third-order valence-corrected chi connectivity index (χ3v) is 6.59. The van der Waals surface area contributed by atoms with Gasteiger partial charge in [0.15, 0.2) is 0 Å². The molecule has 1 saturated heterocycles. The molecule has 0 unspecified atom stereocenters. The highest BCUT2D eigenvalue weighted by molar-refractivity contribution is 9.10. The predicted molar refractivity (Wildman–Crippen MR) is 130 cm³/mol. The highest BCUT2D eigenvalue weighted by Crippen LogP contribution is 2.41. The first-order chi connectivity index (χ1) is 16.1.